The first-order valence-corrected chi connectivity index (χ1v) is 33.6. The number of carbonyl (C=O) groups excluding carboxylic acids is 13. The molecule has 0 aliphatic carbocycles. The lowest BCUT2D eigenvalue weighted by Gasteiger charge is -2.32. The van der Waals surface area contributed by atoms with E-state index in [0.29, 0.717) is 55.4 Å². The third-order valence-corrected chi connectivity index (χ3v) is 16.7. The highest BCUT2D eigenvalue weighted by molar-refractivity contribution is 7.98. The van der Waals surface area contributed by atoms with Crippen LogP contribution in [0.4, 0.5) is 0 Å². The minimum Gasteiger partial charge on any atom is -0.370 e. The zero-order valence-corrected chi connectivity index (χ0v) is 55.3. The monoisotopic (exact) mass is 1350 g/mol. The van der Waals surface area contributed by atoms with Gasteiger partial charge < -0.3 is 92.5 Å². The molecule has 31 nitrogen and oxygen atoms in total. The molecule has 0 unspecified atom stereocenters. The second-order valence-corrected chi connectivity index (χ2v) is 25.1. The summed E-state index contributed by atoms with van der Waals surface area (Å²) in [6.07, 6.45) is 3.12. The Morgan fingerprint density at radius 2 is 1.01 bits per heavy atom. The number of primary amides is 3. The highest BCUT2D eigenvalue weighted by atomic mass is 32.2. The van der Waals surface area contributed by atoms with Gasteiger partial charge in [-0.1, -0.05) is 74.5 Å². The molecule has 4 rings (SSSR count). The van der Waals surface area contributed by atoms with E-state index < -0.39 is 169 Å². The van der Waals surface area contributed by atoms with Gasteiger partial charge in [-0.25, -0.2) is 0 Å². The predicted octanol–water partition coefficient (Wildman–Crippen LogP) is -3.71. The van der Waals surface area contributed by atoms with E-state index in [1.807, 2.05) is 20.1 Å². The van der Waals surface area contributed by atoms with Gasteiger partial charge in [0.15, 0.2) is 5.96 Å². The smallest absolute Gasteiger partial charge is 0.245 e. The highest BCUT2D eigenvalue weighted by Crippen LogP contribution is 2.24. The molecule has 2 fully saturated rings. The Kier molecular flexibility index (Phi) is 33.9. The average molecular weight is 1350 g/mol. The number of hydrogen-bond acceptors (Lipinski definition) is 17. The van der Waals surface area contributed by atoms with Crippen molar-refractivity contribution in [3.63, 3.8) is 0 Å². The quantitative estimate of drug-likeness (QED) is 0.0173. The van der Waals surface area contributed by atoms with Crippen molar-refractivity contribution in [2.45, 2.75) is 183 Å². The van der Waals surface area contributed by atoms with Gasteiger partial charge in [0.25, 0.3) is 0 Å². The van der Waals surface area contributed by atoms with Crippen LogP contribution >= 0.6 is 11.8 Å². The number of nitrogens with two attached hydrogens (primary N) is 7. The van der Waals surface area contributed by atoms with Crippen LogP contribution < -0.4 is 82.7 Å². The molecule has 0 saturated carbocycles. The van der Waals surface area contributed by atoms with Crippen molar-refractivity contribution < 1.29 is 62.3 Å². The van der Waals surface area contributed by atoms with Gasteiger partial charge in [0, 0.05) is 45.3 Å². The maximum absolute atomic E-state index is 14.7. The van der Waals surface area contributed by atoms with Gasteiger partial charge in [-0.05, 0) is 119 Å². The topological polar surface area (TPSA) is 519 Å². The molecule has 2 aliphatic rings. The predicted molar refractivity (Wildman–Crippen MR) is 356 cm³/mol. The molecule has 32 heteroatoms. The number of rotatable bonds is 42. The van der Waals surface area contributed by atoms with Crippen LogP contribution in [-0.2, 0) is 75.2 Å². The summed E-state index contributed by atoms with van der Waals surface area (Å²) in [6, 6.07) is 4.51. The van der Waals surface area contributed by atoms with Gasteiger partial charge in [-0.15, -0.1) is 0 Å². The lowest BCUT2D eigenvalue weighted by Crippen LogP contribution is -2.60. The summed E-state index contributed by atoms with van der Waals surface area (Å²) in [5.74, 6) is -9.80. The number of thioether (sulfide) groups is 1. The van der Waals surface area contributed by atoms with E-state index in [2.05, 4.69) is 47.5 Å². The molecule has 524 valence electrons. The number of likely N-dealkylation sites (tertiary alicyclic amines) is 2. The summed E-state index contributed by atoms with van der Waals surface area (Å²) in [7, 11) is 0. The molecular weight excluding hydrogens is 1250 g/mol. The number of guanidine groups is 1. The second kappa shape index (κ2) is 41.0. The Balaban J connectivity index is 1.56. The molecule has 0 spiro atoms. The Morgan fingerprint density at radius 1 is 0.537 bits per heavy atom. The van der Waals surface area contributed by atoms with Crippen LogP contribution in [0.1, 0.15) is 121 Å². The van der Waals surface area contributed by atoms with Crippen LogP contribution in [0.25, 0.3) is 0 Å². The van der Waals surface area contributed by atoms with Crippen LogP contribution in [0, 0.1) is 5.92 Å². The van der Waals surface area contributed by atoms with E-state index in [-0.39, 0.29) is 83.0 Å². The van der Waals surface area contributed by atoms with Crippen LogP contribution in [0.5, 0.6) is 0 Å². The zero-order valence-electron chi connectivity index (χ0n) is 54.5. The number of nitrogens with zero attached hydrogens (tertiary/aromatic N) is 3. The lowest BCUT2D eigenvalue weighted by atomic mass is 10.0. The maximum atomic E-state index is 14.7. The number of nitrogens with one attached hydrogen (secondary N) is 8. The first-order valence-electron chi connectivity index (χ1n) is 32.2. The van der Waals surface area contributed by atoms with Gasteiger partial charge in [0.1, 0.15) is 54.4 Å². The van der Waals surface area contributed by atoms with Crippen molar-refractivity contribution in [2.75, 3.05) is 44.7 Å². The van der Waals surface area contributed by atoms with Crippen LogP contribution in [0.2, 0.25) is 0 Å². The fourth-order valence-corrected chi connectivity index (χ4v) is 11.5. The Bertz CT molecular complexity index is 2960. The van der Waals surface area contributed by atoms with Crippen molar-refractivity contribution in [3.05, 3.63) is 71.8 Å². The first kappa shape index (κ1) is 78.5. The number of carbonyl (C=O) groups is 13. The third kappa shape index (κ3) is 27.5. The Morgan fingerprint density at radius 3 is 1.51 bits per heavy atom. The largest absolute Gasteiger partial charge is 0.370 e. The molecule has 2 aromatic rings. The summed E-state index contributed by atoms with van der Waals surface area (Å²) in [4.78, 5) is 185. The summed E-state index contributed by atoms with van der Waals surface area (Å²) in [6.45, 7) is 3.86. The van der Waals surface area contributed by atoms with Crippen LogP contribution in [0.3, 0.4) is 0 Å². The van der Waals surface area contributed by atoms with Gasteiger partial charge >= 0.3 is 0 Å². The number of aliphatic imine (C=N–C) groups is 1. The van der Waals surface area contributed by atoms with E-state index in [9.17, 15) is 62.3 Å². The van der Waals surface area contributed by atoms with Gasteiger partial charge in [-0.3, -0.25) is 67.3 Å². The van der Waals surface area contributed by atoms with E-state index in [1.165, 1.54) is 21.6 Å². The molecular formula is C63H98N18O13S. The van der Waals surface area contributed by atoms with E-state index in [0.717, 1.165) is 0 Å². The minimum absolute atomic E-state index is 0.0736. The summed E-state index contributed by atoms with van der Waals surface area (Å²) < 4.78 is 0. The van der Waals surface area contributed by atoms with E-state index in [1.54, 1.807) is 60.7 Å². The SMILES string of the molecule is CSCC[C@H](NC(=O)[C@H](CC(C)C)NC(=O)CNC(=O)[C@@H](Cc1ccccc1)NC(=O)[C@H](Cc1ccccc1)NC(=O)[C@H](CCC(N)=O)NC(=O)[C@@H](CCC(N)=O)NC(=O)[C@@H]1CCCN1C(=O)[C@H](CCCCN)NC(=O)[C@H]1CCCN1C(=O)[C@@H](N)CCCN=C(N)N)C(N)=O. The normalized spacial score (nSPS) is 16.8. The molecule has 2 aromatic carbocycles. The van der Waals surface area contributed by atoms with Crippen molar-refractivity contribution in [1.29, 1.82) is 0 Å². The van der Waals surface area contributed by atoms with Gasteiger partial charge in [-0.2, -0.15) is 11.8 Å². The number of hydrogen-bond donors (Lipinski definition) is 15. The molecule has 0 bridgehead atoms. The second-order valence-electron chi connectivity index (χ2n) is 24.1. The van der Waals surface area contributed by atoms with Crippen molar-refractivity contribution in [1.82, 2.24) is 52.3 Å². The lowest BCUT2D eigenvalue weighted by molar-refractivity contribution is -0.144. The average Bonchev–Trinajstić information content (AvgIpc) is 1.74. The van der Waals surface area contributed by atoms with Crippen molar-refractivity contribution >= 4 is 94.5 Å². The molecule has 95 heavy (non-hydrogen) atoms. The number of benzene rings is 2. The summed E-state index contributed by atoms with van der Waals surface area (Å²) in [5.41, 5.74) is 40.6. The fourth-order valence-electron chi connectivity index (χ4n) is 11.0. The molecule has 0 aromatic heterocycles. The number of amides is 13. The third-order valence-electron chi connectivity index (χ3n) is 16.0. The van der Waals surface area contributed by atoms with Gasteiger partial charge in [0.2, 0.25) is 76.8 Å². The highest BCUT2D eigenvalue weighted by Gasteiger charge is 2.42. The maximum Gasteiger partial charge on any atom is 0.245 e. The summed E-state index contributed by atoms with van der Waals surface area (Å²) >= 11 is 1.45. The van der Waals surface area contributed by atoms with Crippen molar-refractivity contribution in [2.24, 2.45) is 51.0 Å². The van der Waals surface area contributed by atoms with E-state index in [4.69, 9.17) is 40.1 Å². The molecule has 2 aliphatic heterocycles. The molecule has 2 heterocycles. The van der Waals surface area contributed by atoms with Crippen LogP contribution in [-0.4, -0.2) is 198 Å². The Labute approximate surface area is 558 Å². The number of unbranched alkanes of at least 4 members (excludes halogenated alkanes) is 1. The molecule has 0 radical (unpaired) electrons. The molecule has 10 atom stereocenters. The zero-order chi connectivity index (χ0) is 70.1. The Hall–Kier alpha value is -8.91. The van der Waals surface area contributed by atoms with E-state index >= 15 is 0 Å². The molecule has 22 N–H and O–H groups in total. The molecule has 13 amide bonds. The van der Waals surface area contributed by atoms with Gasteiger partial charge in [0.05, 0.1) is 12.6 Å². The standard InChI is InChI=1S/C63H98N18O13S/c1-37(2)33-45(57(89)74-41(53(68)85)27-32-95-3)73-52(84)36-72-54(86)46(34-38-15-6-4-7-16-38)78-58(90)47(35-39-17-8-5-9-18-39)79-56(88)42(23-25-50(66)82)75-55(87)43(24-26-51(67)83)76-59(91)49-22-14-31-81(49)62(94)44(20-10-11-28-64)77-60(92)48-21-13-30-80(48)61(93)40(65)19-12-29-71-63(69)70/h4-9,15-18,37,40-49H,10-14,19-36,64-65H2,1-3H3,(H2,66,82)(H2,67,83)(H2,68,85)(H,72,86)(H,73,84)(H,74,89)(H,75,87)(H,76,91)(H,77,92)(H,78,90)(H,79,88)(H4,69,70,71)/t40-,41-,42-,43+,44-,45-,46+,47-,48+,49-/m0/s1. The summed E-state index contributed by atoms with van der Waals surface area (Å²) in [5, 5.41) is 21.1. The van der Waals surface area contributed by atoms with Crippen molar-refractivity contribution in [3.8, 4) is 0 Å². The fraction of sp³-hybridized carbons (Fsp3) is 0.587. The minimum atomic E-state index is -1.64. The first-order chi connectivity index (χ1) is 45.2. The molecule has 2 saturated heterocycles. The van der Waals surface area contributed by atoms with Crippen LogP contribution in [0.15, 0.2) is 65.7 Å².